The van der Waals surface area contributed by atoms with Gasteiger partial charge in [0.25, 0.3) is 9.05 Å². The largest absolute Gasteiger partial charge is 0.398 e. The molecule has 0 spiro atoms. The molecule has 2 N–H and O–H groups in total. The SMILES string of the molecule is Nc1cc(Cl)cc(Cl)c1S(=O)(=O)Cl. The summed E-state index contributed by atoms with van der Waals surface area (Å²) in [6.07, 6.45) is 0. The van der Waals surface area contributed by atoms with E-state index in [0.29, 0.717) is 0 Å². The lowest BCUT2D eigenvalue weighted by Crippen LogP contribution is -1.99. The number of benzene rings is 1. The molecule has 0 aliphatic heterocycles. The highest BCUT2D eigenvalue weighted by Crippen LogP contribution is 2.32. The van der Waals surface area contributed by atoms with Crippen LogP contribution < -0.4 is 5.73 Å². The minimum absolute atomic E-state index is 0.0625. The van der Waals surface area contributed by atoms with Crippen molar-refractivity contribution in [3.05, 3.63) is 22.2 Å². The zero-order valence-corrected chi connectivity index (χ0v) is 9.17. The van der Waals surface area contributed by atoms with Gasteiger partial charge in [0.15, 0.2) is 0 Å². The summed E-state index contributed by atoms with van der Waals surface area (Å²) in [7, 11) is 1.16. The van der Waals surface area contributed by atoms with Crippen molar-refractivity contribution in [1.82, 2.24) is 0 Å². The first kappa shape index (κ1) is 10.9. The third-order valence-electron chi connectivity index (χ3n) is 1.28. The molecule has 0 saturated carbocycles. The van der Waals surface area contributed by atoms with E-state index in [4.69, 9.17) is 39.6 Å². The number of rotatable bonds is 1. The standard InChI is InChI=1S/C6H4Cl3NO2S/c7-3-1-4(8)6(5(10)2-3)13(9,11)12/h1-2H,10H2. The lowest BCUT2D eigenvalue weighted by Gasteiger charge is -2.04. The van der Waals surface area contributed by atoms with Crippen molar-refractivity contribution in [3.8, 4) is 0 Å². The number of hydrogen-bond donors (Lipinski definition) is 1. The lowest BCUT2D eigenvalue weighted by molar-refractivity contribution is 0.610. The van der Waals surface area contributed by atoms with Crippen molar-refractivity contribution in [2.45, 2.75) is 4.90 Å². The Morgan fingerprint density at radius 2 is 1.77 bits per heavy atom. The summed E-state index contributed by atoms with van der Waals surface area (Å²) in [4.78, 5) is -0.305. The van der Waals surface area contributed by atoms with Crippen LogP contribution in [0.4, 0.5) is 5.69 Å². The van der Waals surface area contributed by atoms with Gasteiger partial charge in [-0.05, 0) is 12.1 Å². The molecule has 3 nitrogen and oxygen atoms in total. The first-order valence-electron chi connectivity index (χ1n) is 3.01. The zero-order valence-electron chi connectivity index (χ0n) is 6.09. The molecule has 0 saturated heterocycles. The predicted octanol–water partition coefficient (Wildman–Crippen LogP) is 2.50. The van der Waals surface area contributed by atoms with E-state index in [1.54, 1.807) is 0 Å². The monoisotopic (exact) mass is 259 g/mol. The molecule has 0 unspecified atom stereocenters. The van der Waals surface area contributed by atoms with Crippen molar-refractivity contribution < 1.29 is 8.42 Å². The van der Waals surface area contributed by atoms with E-state index in [2.05, 4.69) is 0 Å². The number of nitrogens with two attached hydrogens (primary N) is 1. The van der Waals surface area contributed by atoms with Gasteiger partial charge in [-0.3, -0.25) is 0 Å². The molecule has 7 heteroatoms. The Hall–Kier alpha value is -0.160. The van der Waals surface area contributed by atoms with Crippen LogP contribution in [0.15, 0.2) is 17.0 Å². The Balaban J connectivity index is 3.57. The van der Waals surface area contributed by atoms with Crippen LogP contribution in [0.2, 0.25) is 10.0 Å². The molecule has 0 bridgehead atoms. The maximum Gasteiger partial charge on any atom is 0.264 e. The third kappa shape index (κ3) is 2.40. The number of nitrogen functional groups attached to an aromatic ring is 1. The molecule has 1 rings (SSSR count). The highest BCUT2D eigenvalue weighted by atomic mass is 35.7. The van der Waals surface area contributed by atoms with Gasteiger partial charge in [0.05, 0.1) is 10.7 Å². The fourth-order valence-corrected chi connectivity index (χ4v) is 2.92. The predicted molar refractivity (Wildman–Crippen MR) is 53.9 cm³/mol. The second-order valence-electron chi connectivity index (χ2n) is 2.24. The second kappa shape index (κ2) is 3.53. The van der Waals surface area contributed by atoms with Gasteiger partial charge in [0, 0.05) is 15.7 Å². The van der Waals surface area contributed by atoms with Crippen molar-refractivity contribution >= 4 is 48.6 Å². The fraction of sp³-hybridized carbons (Fsp3) is 0. The molecule has 0 heterocycles. The van der Waals surface area contributed by atoms with Gasteiger partial charge in [0.2, 0.25) is 0 Å². The molecular formula is C6H4Cl3NO2S. The van der Waals surface area contributed by atoms with Gasteiger partial charge in [-0.1, -0.05) is 23.2 Å². The fourth-order valence-electron chi connectivity index (χ4n) is 0.837. The summed E-state index contributed by atoms with van der Waals surface area (Å²) < 4.78 is 21.9. The average Bonchev–Trinajstić information content (AvgIpc) is 1.78. The second-order valence-corrected chi connectivity index (χ2v) is 5.59. The number of hydrogen-bond acceptors (Lipinski definition) is 3. The molecule has 0 aliphatic rings. The molecule has 0 fully saturated rings. The van der Waals surface area contributed by atoms with E-state index in [-0.39, 0.29) is 20.6 Å². The maximum absolute atomic E-state index is 10.9. The number of halogens is 3. The molecule has 0 amide bonds. The van der Waals surface area contributed by atoms with Crippen LogP contribution in [0, 0.1) is 0 Å². The van der Waals surface area contributed by atoms with Crippen molar-refractivity contribution in [3.63, 3.8) is 0 Å². The van der Waals surface area contributed by atoms with E-state index >= 15 is 0 Å². The molecule has 13 heavy (non-hydrogen) atoms. The first-order chi connectivity index (χ1) is 5.82. The van der Waals surface area contributed by atoms with E-state index in [1.807, 2.05) is 0 Å². The van der Waals surface area contributed by atoms with E-state index in [1.165, 1.54) is 12.1 Å². The quantitative estimate of drug-likeness (QED) is 0.623. The highest BCUT2D eigenvalue weighted by molar-refractivity contribution is 8.14. The molecule has 72 valence electrons. The summed E-state index contributed by atoms with van der Waals surface area (Å²) in [5, 5.41) is 0.173. The highest BCUT2D eigenvalue weighted by Gasteiger charge is 2.18. The van der Waals surface area contributed by atoms with E-state index in [0.717, 1.165) is 0 Å². The summed E-state index contributed by atoms with van der Waals surface area (Å²) in [5.74, 6) is 0. The number of anilines is 1. The van der Waals surface area contributed by atoms with Gasteiger partial charge in [-0.25, -0.2) is 8.42 Å². The molecule has 0 aliphatic carbocycles. The Kier molecular flexibility index (Phi) is 2.97. The topological polar surface area (TPSA) is 60.2 Å². The van der Waals surface area contributed by atoms with Crippen LogP contribution >= 0.6 is 33.9 Å². The summed E-state index contributed by atoms with van der Waals surface area (Å²) >= 11 is 11.2. The van der Waals surface area contributed by atoms with Gasteiger partial charge >= 0.3 is 0 Å². The van der Waals surface area contributed by atoms with Crippen LogP contribution in [0.5, 0.6) is 0 Å². The van der Waals surface area contributed by atoms with E-state index in [9.17, 15) is 8.42 Å². The summed E-state index contributed by atoms with van der Waals surface area (Å²) in [6, 6.07) is 2.53. The molecule has 1 aromatic carbocycles. The average molecular weight is 261 g/mol. The summed E-state index contributed by atoms with van der Waals surface area (Å²) in [6.45, 7) is 0. The zero-order chi connectivity index (χ0) is 10.2. The van der Waals surface area contributed by atoms with Crippen molar-refractivity contribution in [2.75, 3.05) is 5.73 Å². The molecule has 1 aromatic rings. The van der Waals surface area contributed by atoms with Crippen LogP contribution in [-0.4, -0.2) is 8.42 Å². The van der Waals surface area contributed by atoms with Gasteiger partial charge in [-0.2, -0.15) is 0 Å². The Morgan fingerprint density at radius 1 is 1.23 bits per heavy atom. The summed E-state index contributed by atoms with van der Waals surface area (Å²) in [5.41, 5.74) is 5.31. The van der Waals surface area contributed by atoms with Crippen molar-refractivity contribution in [2.24, 2.45) is 0 Å². The molecule has 0 radical (unpaired) electrons. The van der Waals surface area contributed by atoms with Gasteiger partial charge in [0.1, 0.15) is 4.90 Å². The van der Waals surface area contributed by atoms with Crippen LogP contribution in [0.3, 0.4) is 0 Å². The van der Waals surface area contributed by atoms with Crippen LogP contribution in [-0.2, 0) is 9.05 Å². The Morgan fingerprint density at radius 3 is 2.15 bits per heavy atom. The minimum atomic E-state index is -3.92. The van der Waals surface area contributed by atoms with E-state index < -0.39 is 9.05 Å². The van der Waals surface area contributed by atoms with Crippen LogP contribution in [0.1, 0.15) is 0 Å². The minimum Gasteiger partial charge on any atom is -0.398 e. The lowest BCUT2D eigenvalue weighted by atomic mass is 10.3. The van der Waals surface area contributed by atoms with Crippen molar-refractivity contribution in [1.29, 1.82) is 0 Å². The van der Waals surface area contributed by atoms with Gasteiger partial charge in [-0.15, -0.1) is 0 Å². The Bertz CT molecular complexity index is 420. The Labute approximate surface area is 89.8 Å². The first-order valence-corrected chi connectivity index (χ1v) is 6.08. The molecule has 0 atom stereocenters. The van der Waals surface area contributed by atoms with Crippen LogP contribution in [0.25, 0.3) is 0 Å². The molecule has 0 aromatic heterocycles. The smallest absolute Gasteiger partial charge is 0.264 e. The third-order valence-corrected chi connectivity index (χ3v) is 3.32. The maximum atomic E-state index is 10.9. The molecular weight excluding hydrogens is 256 g/mol. The normalized spacial score (nSPS) is 11.6. The van der Waals surface area contributed by atoms with Gasteiger partial charge < -0.3 is 5.73 Å².